The van der Waals surface area contributed by atoms with Crippen molar-refractivity contribution >= 4 is 17.7 Å². The highest BCUT2D eigenvalue weighted by molar-refractivity contribution is 5.91. The number of anilines is 1. The van der Waals surface area contributed by atoms with Gasteiger partial charge in [-0.2, -0.15) is 5.26 Å². The van der Waals surface area contributed by atoms with Crippen molar-refractivity contribution in [2.75, 3.05) is 18.5 Å². The van der Waals surface area contributed by atoms with Gasteiger partial charge in [0.25, 0.3) is 0 Å². The van der Waals surface area contributed by atoms with Crippen LogP contribution in [0.2, 0.25) is 0 Å². The van der Waals surface area contributed by atoms with Crippen LogP contribution in [0.4, 0.5) is 10.5 Å². The average molecular weight is 289 g/mol. The summed E-state index contributed by atoms with van der Waals surface area (Å²) < 4.78 is 4.86. The minimum atomic E-state index is -0.452. The number of carbonyl (C=O) groups excluding carboxylic acids is 2. The first-order valence-electron chi connectivity index (χ1n) is 6.71. The van der Waals surface area contributed by atoms with Gasteiger partial charge in [-0.05, 0) is 39.0 Å². The topological polar surface area (TPSA) is 82.4 Å². The number of esters is 1. The van der Waals surface area contributed by atoms with Gasteiger partial charge in [-0.15, -0.1) is 0 Å². The molecule has 112 valence electrons. The molecule has 1 aromatic rings. The van der Waals surface area contributed by atoms with Gasteiger partial charge in [-0.3, -0.25) is 4.79 Å². The van der Waals surface area contributed by atoms with Crippen LogP contribution in [0.5, 0.6) is 0 Å². The van der Waals surface area contributed by atoms with Crippen LogP contribution in [0.25, 0.3) is 0 Å². The maximum absolute atomic E-state index is 12.2. The molecule has 6 nitrogen and oxygen atoms in total. The molecule has 0 fully saturated rings. The van der Waals surface area contributed by atoms with Crippen molar-refractivity contribution in [3.63, 3.8) is 0 Å². The lowest BCUT2D eigenvalue weighted by Crippen LogP contribution is -2.43. The zero-order chi connectivity index (χ0) is 15.8. The Morgan fingerprint density at radius 2 is 2.14 bits per heavy atom. The highest BCUT2D eigenvalue weighted by Gasteiger charge is 2.20. The zero-order valence-electron chi connectivity index (χ0n) is 12.4. The van der Waals surface area contributed by atoms with E-state index in [1.54, 1.807) is 31.2 Å². The van der Waals surface area contributed by atoms with Crippen molar-refractivity contribution in [1.29, 1.82) is 5.26 Å². The van der Waals surface area contributed by atoms with Gasteiger partial charge < -0.3 is 15.0 Å². The lowest BCUT2D eigenvalue weighted by atomic mass is 10.2. The fourth-order valence-electron chi connectivity index (χ4n) is 1.70. The van der Waals surface area contributed by atoms with Gasteiger partial charge in [-0.1, -0.05) is 6.07 Å². The van der Waals surface area contributed by atoms with Crippen molar-refractivity contribution in [2.45, 2.75) is 26.8 Å². The molecule has 0 aliphatic carbocycles. The van der Waals surface area contributed by atoms with E-state index < -0.39 is 12.0 Å². The normalized spacial score (nSPS) is 9.86. The van der Waals surface area contributed by atoms with E-state index in [9.17, 15) is 9.59 Å². The first-order valence-corrected chi connectivity index (χ1v) is 6.71. The lowest BCUT2D eigenvalue weighted by Gasteiger charge is -2.25. The van der Waals surface area contributed by atoms with Crippen molar-refractivity contribution in [2.24, 2.45) is 0 Å². The molecular weight excluding hydrogens is 270 g/mol. The number of amides is 2. The molecule has 1 rings (SSSR count). The van der Waals surface area contributed by atoms with E-state index in [2.05, 4.69) is 5.32 Å². The maximum atomic E-state index is 12.2. The maximum Gasteiger partial charge on any atom is 0.325 e. The second-order valence-corrected chi connectivity index (χ2v) is 4.65. The summed E-state index contributed by atoms with van der Waals surface area (Å²) in [5, 5.41) is 11.5. The van der Waals surface area contributed by atoms with Crippen molar-refractivity contribution in [1.82, 2.24) is 4.90 Å². The van der Waals surface area contributed by atoms with Crippen molar-refractivity contribution in [3.8, 4) is 6.07 Å². The molecule has 21 heavy (non-hydrogen) atoms. The van der Waals surface area contributed by atoms with Crippen LogP contribution >= 0.6 is 0 Å². The minimum Gasteiger partial charge on any atom is -0.465 e. The van der Waals surface area contributed by atoms with Crippen LogP contribution in [0.1, 0.15) is 26.3 Å². The third-order valence-corrected chi connectivity index (χ3v) is 2.73. The van der Waals surface area contributed by atoms with Gasteiger partial charge in [-0.25, -0.2) is 4.79 Å². The Labute approximate surface area is 124 Å². The Kier molecular flexibility index (Phi) is 6.21. The second-order valence-electron chi connectivity index (χ2n) is 4.65. The average Bonchev–Trinajstić information content (AvgIpc) is 2.44. The number of hydrogen-bond donors (Lipinski definition) is 1. The zero-order valence-corrected chi connectivity index (χ0v) is 12.4. The molecule has 0 aliphatic rings. The number of ether oxygens (including phenoxy) is 1. The Morgan fingerprint density at radius 3 is 2.71 bits per heavy atom. The summed E-state index contributed by atoms with van der Waals surface area (Å²) in [5.74, 6) is -0.452. The molecule has 0 spiro atoms. The summed E-state index contributed by atoms with van der Waals surface area (Å²) in [6.45, 7) is 5.49. The van der Waals surface area contributed by atoms with Crippen molar-refractivity contribution < 1.29 is 14.3 Å². The first kappa shape index (κ1) is 16.5. The Morgan fingerprint density at radius 1 is 1.43 bits per heavy atom. The van der Waals surface area contributed by atoms with E-state index in [1.165, 1.54) is 4.90 Å². The highest BCUT2D eigenvalue weighted by atomic mass is 16.5. The molecule has 0 radical (unpaired) electrons. The number of nitriles is 1. The number of hydrogen-bond acceptors (Lipinski definition) is 4. The second kappa shape index (κ2) is 7.90. The van der Waals surface area contributed by atoms with Gasteiger partial charge in [0, 0.05) is 11.7 Å². The summed E-state index contributed by atoms with van der Waals surface area (Å²) in [4.78, 5) is 25.1. The molecule has 0 saturated carbocycles. The van der Waals surface area contributed by atoms with Gasteiger partial charge in [0.05, 0.1) is 18.2 Å². The molecule has 2 amide bonds. The number of rotatable bonds is 5. The Hall–Kier alpha value is -2.55. The van der Waals surface area contributed by atoms with Crippen LogP contribution in [-0.4, -0.2) is 36.1 Å². The first-order chi connectivity index (χ1) is 9.97. The van der Waals surface area contributed by atoms with Crippen molar-refractivity contribution in [3.05, 3.63) is 29.8 Å². The van der Waals surface area contributed by atoms with Crippen LogP contribution in [0, 0.1) is 11.3 Å². The number of benzene rings is 1. The smallest absolute Gasteiger partial charge is 0.325 e. The van der Waals surface area contributed by atoms with Gasteiger partial charge in [0.2, 0.25) is 0 Å². The monoisotopic (exact) mass is 289 g/mol. The fourth-order valence-corrected chi connectivity index (χ4v) is 1.70. The molecule has 0 unspecified atom stereocenters. The SMILES string of the molecule is CCOC(=O)CN(C(=O)Nc1cccc(C#N)c1)C(C)C. The number of carbonyl (C=O) groups is 2. The van der Waals surface area contributed by atoms with Gasteiger partial charge in [0.15, 0.2) is 0 Å². The Bertz CT molecular complexity index is 549. The molecule has 0 saturated heterocycles. The predicted octanol–water partition coefficient (Wildman–Crippen LogP) is 2.36. The third-order valence-electron chi connectivity index (χ3n) is 2.73. The predicted molar refractivity (Wildman–Crippen MR) is 78.7 cm³/mol. The number of nitrogens with one attached hydrogen (secondary N) is 1. The number of nitrogens with zero attached hydrogens (tertiary/aromatic N) is 2. The molecule has 0 atom stereocenters. The van der Waals surface area contributed by atoms with E-state index in [0.717, 1.165) is 0 Å². The van der Waals surface area contributed by atoms with Gasteiger partial charge in [0.1, 0.15) is 6.54 Å². The lowest BCUT2D eigenvalue weighted by molar-refractivity contribution is -0.144. The molecule has 0 aliphatic heterocycles. The molecule has 0 aromatic heterocycles. The molecule has 0 bridgehead atoms. The largest absolute Gasteiger partial charge is 0.465 e. The molecule has 1 aromatic carbocycles. The van der Waals surface area contributed by atoms with E-state index in [0.29, 0.717) is 11.3 Å². The standard InChI is InChI=1S/C15H19N3O3/c1-4-21-14(19)10-18(11(2)3)15(20)17-13-7-5-6-12(8-13)9-16/h5-8,11H,4,10H2,1-3H3,(H,17,20). The summed E-state index contributed by atoms with van der Waals surface area (Å²) in [6.07, 6.45) is 0. The van der Waals surface area contributed by atoms with Crippen LogP contribution in [0.15, 0.2) is 24.3 Å². The molecule has 0 heterocycles. The van der Waals surface area contributed by atoms with Crippen LogP contribution < -0.4 is 5.32 Å². The van der Waals surface area contributed by atoms with E-state index >= 15 is 0 Å². The molecule has 6 heteroatoms. The minimum absolute atomic E-state index is 0.116. The fraction of sp³-hybridized carbons (Fsp3) is 0.400. The Balaban J connectivity index is 2.77. The quantitative estimate of drug-likeness (QED) is 0.843. The summed E-state index contributed by atoms with van der Waals surface area (Å²) in [6, 6.07) is 8.01. The molecule has 1 N–H and O–H groups in total. The summed E-state index contributed by atoms with van der Waals surface area (Å²) in [7, 11) is 0. The van der Waals surface area contributed by atoms with Crippen LogP contribution in [0.3, 0.4) is 0 Å². The van der Waals surface area contributed by atoms with Crippen LogP contribution in [-0.2, 0) is 9.53 Å². The van der Waals surface area contributed by atoms with E-state index in [4.69, 9.17) is 10.00 Å². The van der Waals surface area contributed by atoms with E-state index in [-0.39, 0.29) is 19.2 Å². The summed E-state index contributed by atoms with van der Waals surface area (Å²) in [5.41, 5.74) is 0.961. The molecular formula is C15H19N3O3. The van der Waals surface area contributed by atoms with Gasteiger partial charge >= 0.3 is 12.0 Å². The highest BCUT2D eigenvalue weighted by Crippen LogP contribution is 2.11. The third kappa shape index (κ3) is 5.15. The van der Waals surface area contributed by atoms with E-state index in [1.807, 2.05) is 19.9 Å². The number of urea groups is 1. The summed E-state index contributed by atoms with van der Waals surface area (Å²) >= 11 is 0.